The number of hydrogen-bond donors (Lipinski definition) is 0. The van der Waals surface area contributed by atoms with Gasteiger partial charge in [-0.3, -0.25) is 14.8 Å². The maximum Gasteiger partial charge on any atom is 0.342 e. The maximum absolute atomic E-state index is 12.7. The van der Waals surface area contributed by atoms with Crippen LogP contribution in [0.5, 0.6) is 5.75 Å². The van der Waals surface area contributed by atoms with Crippen molar-refractivity contribution in [2.75, 3.05) is 0 Å². The summed E-state index contributed by atoms with van der Waals surface area (Å²) in [4.78, 5) is 10.1. The van der Waals surface area contributed by atoms with Crippen molar-refractivity contribution in [3.8, 4) is 5.75 Å². The molecule has 0 aliphatic heterocycles. The summed E-state index contributed by atoms with van der Waals surface area (Å²) in [7, 11) is -4.21. The summed E-state index contributed by atoms with van der Waals surface area (Å²) in [6.07, 6.45) is 0. The van der Waals surface area contributed by atoms with Crippen molar-refractivity contribution < 1.29 is 17.5 Å². The molecule has 2 rings (SSSR count). The zero-order valence-corrected chi connectivity index (χ0v) is 16.0. The summed E-state index contributed by atoms with van der Waals surface area (Å²) in [5, 5.41) is 14.8. The summed E-state index contributed by atoms with van der Waals surface area (Å²) in [5.41, 5.74) is 0.0596. The van der Waals surface area contributed by atoms with E-state index in [1.807, 2.05) is 20.8 Å². The molecule has 8 nitrogen and oxygen atoms in total. The van der Waals surface area contributed by atoms with Gasteiger partial charge in [-0.05, 0) is 40.7 Å². The summed E-state index contributed by atoms with van der Waals surface area (Å²) in [5.74, 6) is -0.186. The molecule has 0 bridgehead atoms. The average molecular weight is 388 g/mol. The highest BCUT2D eigenvalue weighted by Gasteiger charge is 2.30. The molecule has 0 aliphatic rings. The maximum atomic E-state index is 12.7. The highest BCUT2D eigenvalue weighted by molar-refractivity contribution is 7.87. The first-order valence-electron chi connectivity index (χ1n) is 7.29. The Morgan fingerprint density at radius 1 is 1.28 bits per heavy atom. The van der Waals surface area contributed by atoms with Crippen LogP contribution in [-0.4, -0.2) is 23.1 Å². The topological polar surface area (TPSA) is 104 Å². The summed E-state index contributed by atoms with van der Waals surface area (Å²) >= 11 is 5.91. The minimum Gasteiger partial charge on any atom is -0.377 e. The molecule has 0 unspecified atom stereocenters. The summed E-state index contributed by atoms with van der Waals surface area (Å²) in [6.45, 7) is 8.91. The quantitative estimate of drug-likeness (QED) is 0.451. The number of aromatic nitrogens is 2. The number of aryl methyl sites for hydroxylation is 1. The third kappa shape index (κ3) is 3.77. The second-order valence-electron chi connectivity index (χ2n) is 6.49. The van der Waals surface area contributed by atoms with E-state index in [9.17, 15) is 18.5 Å². The van der Waals surface area contributed by atoms with Crippen molar-refractivity contribution in [1.82, 2.24) is 9.78 Å². The number of rotatable bonds is 4. The van der Waals surface area contributed by atoms with Gasteiger partial charge >= 0.3 is 10.1 Å². The van der Waals surface area contributed by atoms with Gasteiger partial charge < -0.3 is 4.18 Å². The fourth-order valence-electron chi connectivity index (χ4n) is 2.47. The zero-order valence-electron chi connectivity index (χ0n) is 14.4. The van der Waals surface area contributed by atoms with Gasteiger partial charge in [0, 0.05) is 12.1 Å². The Morgan fingerprint density at radius 2 is 1.88 bits per heavy atom. The van der Waals surface area contributed by atoms with E-state index in [0.717, 1.165) is 18.2 Å². The highest BCUT2D eigenvalue weighted by Crippen LogP contribution is 2.33. The first kappa shape index (κ1) is 19.2. The lowest BCUT2D eigenvalue weighted by Gasteiger charge is -2.21. The molecule has 1 heterocycles. The van der Waals surface area contributed by atoms with E-state index >= 15 is 0 Å². The predicted octanol–water partition coefficient (Wildman–Crippen LogP) is 3.58. The van der Waals surface area contributed by atoms with Crippen molar-refractivity contribution in [1.29, 1.82) is 0 Å². The van der Waals surface area contributed by atoms with Crippen molar-refractivity contribution in [2.45, 2.75) is 45.1 Å². The van der Waals surface area contributed by atoms with Gasteiger partial charge in [-0.2, -0.15) is 13.5 Å². The van der Waals surface area contributed by atoms with E-state index in [4.69, 9.17) is 15.8 Å². The molecule has 1 aromatic heterocycles. The molecule has 0 saturated heterocycles. The van der Waals surface area contributed by atoms with E-state index in [0.29, 0.717) is 11.4 Å². The van der Waals surface area contributed by atoms with E-state index in [-0.39, 0.29) is 21.4 Å². The van der Waals surface area contributed by atoms with Crippen LogP contribution in [0.2, 0.25) is 5.02 Å². The number of benzene rings is 1. The van der Waals surface area contributed by atoms with Crippen molar-refractivity contribution in [3.63, 3.8) is 0 Å². The van der Waals surface area contributed by atoms with Gasteiger partial charge in [0.25, 0.3) is 5.69 Å². The first-order valence-corrected chi connectivity index (χ1v) is 9.08. The molecule has 0 saturated carbocycles. The molecule has 0 spiro atoms. The standard InChI is InChI=1S/C15H18ClN3O5S/c1-9-14(10(2)18(17-9)15(3,4)5)25(22,23)24-13-7-6-11(19(20)21)8-12(13)16/h6-8H,1-5H3. The molecular weight excluding hydrogens is 370 g/mol. The minimum atomic E-state index is -4.21. The molecule has 25 heavy (non-hydrogen) atoms. The van der Waals surface area contributed by atoms with E-state index in [2.05, 4.69) is 5.10 Å². The summed E-state index contributed by atoms with van der Waals surface area (Å²) < 4.78 is 32.1. The average Bonchev–Trinajstić information content (AvgIpc) is 2.76. The SMILES string of the molecule is Cc1nn(C(C)(C)C)c(C)c1S(=O)(=O)Oc1ccc([N+](=O)[O-])cc1Cl. The number of nitrogens with zero attached hydrogens (tertiary/aromatic N) is 3. The number of nitro groups is 1. The van der Waals surface area contributed by atoms with Crippen LogP contribution in [0.4, 0.5) is 5.69 Å². The Balaban J connectivity index is 2.48. The van der Waals surface area contributed by atoms with Crippen LogP contribution in [-0.2, 0) is 15.7 Å². The minimum absolute atomic E-state index is 0.0446. The lowest BCUT2D eigenvalue weighted by Crippen LogP contribution is -2.24. The fraction of sp³-hybridized carbons (Fsp3) is 0.400. The third-order valence-electron chi connectivity index (χ3n) is 3.44. The molecule has 136 valence electrons. The van der Waals surface area contributed by atoms with E-state index < -0.39 is 20.6 Å². The Labute approximate surface area is 150 Å². The smallest absolute Gasteiger partial charge is 0.342 e. The molecule has 0 fully saturated rings. The van der Waals surface area contributed by atoms with Gasteiger partial charge in [0.15, 0.2) is 5.75 Å². The molecule has 0 radical (unpaired) electrons. The van der Waals surface area contributed by atoms with Gasteiger partial charge in [0.2, 0.25) is 0 Å². The van der Waals surface area contributed by atoms with Gasteiger partial charge in [-0.25, -0.2) is 0 Å². The molecular formula is C15H18ClN3O5S. The Bertz CT molecular complexity index is 945. The largest absolute Gasteiger partial charge is 0.377 e. The monoisotopic (exact) mass is 387 g/mol. The molecule has 0 aliphatic carbocycles. The molecule has 0 N–H and O–H groups in total. The van der Waals surface area contributed by atoms with Gasteiger partial charge in [0.05, 0.1) is 26.9 Å². The number of halogens is 1. The molecule has 0 atom stereocenters. The van der Waals surface area contributed by atoms with E-state index in [1.165, 1.54) is 0 Å². The van der Waals surface area contributed by atoms with Crippen LogP contribution < -0.4 is 4.18 Å². The normalized spacial score (nSPS) is 12.2. The second-order valence-corrected chi connectivity index (χ2v) is 8.38. The van der Waals surface area contributed by atoms with Gasteiger partial charge in [-0.1, -0.05) is 11.6 Å². The lowest BCUT2D eigenvalue weighted by molar-refractivity contribution is -0.384. The van der Waals surface area contributed by atoms with Crippen molar-refractivity contribution >= 4 is 27.4 Å². The zero-order chi connectivity index (χ0) is 19.2. The van der Waals surface area contributed by atoms with Gasteiger partial charge in [-0.15, -0.1) is 0 Å². The predicted molar refractivity (Wildman–Crippen MR) is 92.6 cm³/mol. The lowest BCUT2D eigenvalue weighted by atomic mass is 10.1. The Morgan fingerprint density at radius 3 is 2.32 bits per heavy atom. The van der Waals surface area contributed by atoms with Crippen LogP contribution in [0.15, 0.2) is 23.1 Å². The van der Waals surface area contributed by atoms with Crippen LogP contribution in [0.3, 0.4) is 0 Å². The number of hydrogen-bond acceptors (Lipinski definition) is 6. The highest BCUT2D eigenvalue weighted by atomic mass is 35.5. The molecule has 2 aromatic rings. The third-order valence-corrected chi connectivity index (χ3v) is 5.22. The molecule has 10 heteroatoms. The second kappa shape index (κ2) is 6.30. The molecule has 1 aromatic carbocycles. The van der Waals surface area contributed by atoms with Crippen molar-refractivity contribution in [2.24, 2.45) is 0 Å². The van der Waals surface area contributed by atoms with Crippen LogP contribution in [0, 0.1) is 24.0 Å². The molecule has 0 amide bonds. The first-order chi connectivity index (χ1) is 11.3. The Kier molecular flexibility index (Phi) is 4.84. The fourth-order valence-corrected chi connectivity index (χ4v) is 4.05. The van der Waals surface area contributed by atoms with Gasteiger partial charge in [0.1, 0.15) is 4.90 Å². The van der Waals surface area contributed by atoms with Crippen LogP contribution in [0.1, 0.15) is 32.2 Å². The van der Waals surface area contributed by atoms with E-state index in [1.54, 1.807) is 18.5 Å². The summed E-state index contributed by atoms with van der Waals surface area (Å²) in [6, 6.07) is 3.30. The number of nitro benzene ring substituents is 1. The van der Waals surface area contributed by atoms with Crippen LogP contribution in [0.25, 0.3) is 0 Å². The number of non-ortho nitro benzene ring substituents is 1. The Hall–Kier alpha value is -2.13. The van der Waals surface area contributed by atoms with Crippen LogP contribution >= 0.6 is 11.6 Å². The van der Waals surface area contributed by atoms with Crippen molar-refractivity contribution in [3.05, 3.63) is 44.7 Å².